The van der Waals surface area contributed by atoms with Gasteiger partial charge in [-0.1, -0.05) is 171 Å². The molecule has 15 aromatic carbocycles. The largest absolute Gasteiger partial charge is 0.335 e. The van der Waals surface area contributed by atoms with Crippen LogP contribution in [-0.2, 0) is 0 Å². The minimum atomic E-state index is 0.0334. The first-order valence-electron chi connectivity index (χ1n) is 38.4. The molecule has 23 rings (SSSR count). The number of para-hydroxylation sites is 4. The highest BCUT2D eigenvalue weighted by Crippen LogP contribution is 2.65. The molecular formula is C98H82N4. The Labute approximate surface area is 598 Å². The van der Waals surface area contributed by atoms with Gasteiger partial charge in [-0.05, 0) is 320 Å². The van der Waals surface area contributed by atoms with E-state index in [1.807, 2.05) is 0 Å². The molecule has 0 aromatic heterocycles. The molecule has 4 aliphatic heterocycles. The molecule has 0 amide bonds. The van der Waals surface area contributed by atoms with Crippen molar-refractivity contribution in [3.8, 4) is 44.5 Å². The van der Waals surface area contributed by atoms with Crippen LogP contribution in [0.5, 0.6) is 0 Å². The van der Waals surface area contributed by atoms with E-state index in [0.717, 1.165) is 0 Å². The van der Waals surface area contributed by atoms with E-state index in [1.165, 1.54) is 254 Å². The lowest BCUT2D eigenvalue weighted by molar-refractivity contribution is 0.451. The molecule has 4 aliphatic carbocycles. The number of benzene rings is 13. The fraction of sp³-hybridized carbons (Fsp3) is 0.245. The highest BCUT2D eigenvalue weighted by Gasteiger charge is 2.55. The molecule has 494 valence electrons. The van der Waals surface area contributed by atoms with Gasteiger partial charge in [0.25, 0.3) is 0 Å². The quantitative estimate of drug-likeness (QED) is 0.150. The molecule has 0 radical (unpaired) electrons. The average Bonchev–Trinajstić information content (AvgIpc) is 1.47. The third kappa shape index (κ3) is 7.53. The molecule has 15 aromatic rings. The number of hydrogen-bond acceptors (Lipinski definition) is 4. The van der Waals surface area contributed by atoms with Crippen molar-refractivity contribution >= 4 is 110 Å². The number of nitrogens with zero attached hydrogens (tertiary/aromatic N) is 4. The second-order valence-electron chi connectivity index (χ2n) is 33.1. The van der Waals surface area contributed by atoms with Crippen molar-refractivity contribution < 1.29 is 0 Å². The summed E-state index contributed by atoms with van der Waals surface area (Å²) < 4.78 is 0. The van der Waals surface area contributed by atoms with Crippen molar-refractivity contribution in [2.45, 2.75) is 151 Å². The van der Waals surface area contributed by atoms with Crippen LogP contribution in [0.2, 0.25) is 0 Å². The van der Waals surface area contributed by atoms with E-state index in [0.29, 0.717) is 23.7 Å². The van der Waals surface area contributed by atoms with Gasteiger partial charge in [0.1, 0.15) is 0 Å². The molecule has 0 spiro atoms. The molecule has 8 aliphatic rings. The number of hydrogen-bond donors (Lipinski definition) is 0. The van der Waals surface area contributed by atoms with Gasteiger partial charge in [-0.15, -0.1) is 0 Å². The summed E-state index contributed by atoms with van der Waals surface area (Å²) in [5.41, 5.74) is 27.4. The van der Waals surface area contributed by atoms with Crippen molar-refractivity contribution in [2.24, 2.45) is 0 Å². The smallest absolute Gasteiger partial charge is 0.0492 e. The molecule has 4 heterocycles. The fourth-order valence-electron chi connectivity index (χ4n) is 23.9. The van der Waals surface area contributed by atoms with Crippen molar-refractivity contribution in [3.63, 3.8) is 0 Å². The Kier molecular flexibility index (Phi) is 11.8. The molecule has 0 saturated heterocycles. The lowest BCUT2D eigenvalue weighted by Crippen LogP contribution is -2.40. The molecular weight excluding hydrogens is 1230 g/mol. The summed E-state index contributed by atoms with van der Waals surface area (Å²) in [7, 11) is 0. The van der Waals surface area contributed by atoms with Crippen LogP contribution in [0.15, 0.2) is 255 Å². The van der Waals surface area contributed by atoms with Crippen LogP contribution in [0.1, 0.15) is 151 Å². The fourth-order valence-corrected chi connectivity index (χ4v) is 23.9. The normalized spacial score (nSPS) is 25.1. The van der Waals surface area contributed by atoms with Crippen molar-refractivity contribution in [1.29, 1.82) is 0 Å². The second-order valence-corrected chi connectivity index (χ2v) is 33.1. The highest BCUT2D eigenvalue weighted by molar-refractivity contribution is 6.40. The van der Waals surface area contributed by atoms with Crippen LogP contribution in [0, 0.1) is 0 Å². The van der Waals surface area contributed by atoms with Gasteiger partial charge in [0, 0.05) is 91.3 Å². The van der Waals surface area contributed by atoms with E-state index in [4.69, 9.17) is 0 Å². The molecule has 0 N–H and O–H groups in total. The Morgan fingerprint density at radius 3 is 0.706 bits per heavy atom. The average molecular weight is 1320 g/mol. The first-order valence-corrected chi connectivity index (χ1v) is 38.4. The van der Waals surface area contributed by atoms with Crippen LogP contribution in [0.25, 0.3) is 109 Å². The van der Waals surface area contributed by atoms with E-state index < -0.39 is 0 Å². The molecule has 102 heavy (non-hydrogen) atoms. The van der Waals surface area contributed by atoms with Crippen LogP contribution in [-0.4, -0.2) is 22.2 Å². The Balaban J connectivity index is 0.745. The summed E-state index contributed by atoms with van der Waals surface area (Å²) >= 11 is 0. The van der Waals surface area contributed by atoms with Crippen molar-refractivity contribution in [1.82, 2.24) is 0 Å². The molecule has 4 heteroatoms. The Morgan fingerprint density at radius 1 is 0.235 bits per heavy atom. The molecule has 0 bridgehead atoms. The Hall–Kier alpha value is -10.4. The lowest BCUT2D eigenvalue weighted by Gasteiger charge is -2.37. The first-order chi connectivity index (χ1) is 50.1. The summed E-state index contributed by atoms with van der Waals surface area (Å²) in [6, 6.07) is 101. The van der Waals surface area contributed by atoms with Crippen LogP contribution >= 0.6 is 0 Å². The van der Waals surface area contributed by atoms with Crippen molar-refractivity contribution in [3.05, 3.63) is 277 Å². The predicted octanol–water partition coefficient (Wildman–Crippen LogP) is 26.9. The van der Waals surface area contributed by atoms with Gasteiger partial charge < -0.3 is 19.6 Å². The summed E-state index contributed by atoms with van der Waals surface area (Å²) in [4.78, 5) is 10.8. The van der Waals surface area contributed by atoms with Gasteiger partial charge in [0.15, 0.2) is 0 Å². The zero-order valence-electron chi connectivity index (χ0n) is 58.8. The zero-order chi connectivity index (χ0) is 67.3. The highest BCUT2D eigenvalue weighted by atomic mass is 15.3. The third-order valence-corrected chi connectivity index (χ3v) is 28.3. The Bertz CT molecular complexity index is 5310. The molecule has 4 saturated carbocycles. The summed E-state index contributed by atoms with van der Waals surface area (Å²) in [6.07, 6.45) is 14.6. The van der Waals surface area contributed by atoms with Crippen molar-refractivity contribution in [2.75, 3.05) is 19.6 Å². The zero-order valence-corrected chi connectivity index (χ0v) is 58.8. The minimum absolute atomic E-state index is 0.0334. The number of anilines is 8. The maximum absolute atomic E-state index is 2.70. The van der Waals surface area contributed by atoms with E-state index >= 15 is 0 Å². The minimum Gasteiger partial charge on any atom is -0.335 e. The van der Waals surface area contributed by atoms with E-state index in [1.54, 1.807) is 0 Å². The van der Waals surface area contributed by atoms with Crippen LogP contribution < -0.4 is 19.6 Å². The molecule has 4 nitrogen and oxygen atoms in total. The Morgan fingerprint density at radius 2 is 0.471 bits per heavy atom. The van der Waals surface area contributed by atoms with Gasteiger partial charge >= 0.3 is 0 Å². The first kappa shape index (κ1) is 58.2. The van der Waals surface area contributed by atoms with Gasteiger partial charge in [0.2, 0.25) is 0 Å². The van der Waals surface area contributed by atoms with E-state index in [2.05, 4.69) is 302 Å². The summed E-state index contributed by atoms with van der Waals surface area (Å²) in [5, 5.41) is 16.2. The molecule has 8 atom stereocenters. The van der Waals surface area contributed by atoms with Crippen LogP contribution in [0.3, 0.4) is 0 Å². The van der Waals surface area contributed by atoms with E-state index in [-0.39, 0.29) is 22.2 Å². The third-order valence-electron chi connectivity index (χ3n) is 28.3. The van der Waals surface area contributed by atoms with Gasteiger partial charge in [-0.2, -0.15) is 0 Å². The van der Waals surface area contributed by atoms with Crippen LogP contribution in [0.4, 0.5) is 45.5 Å². The number of rotatable bonds is 8. The van der Waals surface area contributed by atoms with Gasteiger partial charge in [-0.25, -0.2) is 0 Å². The standard InChI is InChI=1S/C98H82N4/c1-95-49-17-29-83(95)79-53-59(33-45-87(79)99(95)63-21-9-5-10-22-63)67-37-41-71-75-57-77-73-43-39-69(61-35-47-89-81(55-61)85-31-19-51-97(85,3)101(89)65-25-13-7-14-26-65)92-70(62-36-48-90-82(56-62)86-32-20-52-98(86,4)102(90)66-27-15-8-16-28-66)40-44-74(94(73)92)78(77)58-76(75)72-42-38-68(91(67)93(71)72)60-34-46-88-80(54-60)84-30-18-50-96(84,2)100(88)64-23-11-6-12-24-64/h5-16,21-28,33-48,53-58,83-86H,17-20,29-32,49-52H2,1-4H3. The molecule has 8 unspecified atom stereocenters. The lowest BCUT2D eigenvalue weighted by atomic mass is 9.84. The maximum atomic E-state index is 2.70. The topological polar surface area (TPSA) is 13.0 Å². The SMILES string of the molecule is CC12CCCC1c1cc(-c3ccc4c5cc6c(cc5c5ccc(-c7ccc8c(c7)C7CCCC7(C)N8c7ccccc7)c3c45)c3ccc(-c4ccc5c(c4)C4CCCC4(C)N5c4ccccc4)c4c(-c5ccc7c(c5)C5CCCC5(C)N7c5ccccc5)ccc6c43)ccc1N2c1ccccc1. The van der Waals surface area contributed by atoms with Gasteiger partial charge in [-0.3, -0.25) is 0 Å². The monoisotopic (exact) mass is 1310 g/mol. The predicted molar refractivity (Wildman–Crippen MR) is 430 cm³/mol. The second kappa shape index (κ2) is 20.7. The number of fused-ring (bicyclic) bond motifs is 18. The summed E-state index contributed by atoms with van der Waals surface area (Å²) in [5.74, 6) is 1.85. The van der Waals surface area contributed by atoms with E-state index in [9.17, 15) is 0 Å². The molecule has 4 fully saturated rings. The summed E-state index contributed by atoms with van der Waals surface area (Å²) in [6.45, 7) is 10.2. The maximum Gasteiger partial charge on any atom is 0.0492 e. The van der Waals surface area contributed by atoms with Gasteiger partial charge in [0.05, 0.1) is 0 Å².